The van der Waals surface area contributed by atoms with Crippen LogP contribution in [0.3, 0.4) is 0 Å². The van der Waals surface area contributed by atoms with Gasteiger partial charge in [0.15, 0.2) is 0 Å². The van der Waals surface area contributed by atoms with Gasteiger partial charge in [-0.2, -0.15) is 0 Å². The molecule has 2 N–H and O–H groups in total. The fourth-order valence-corrected chi connectivity index (χ4v) is 1.54. The van der Waals surface area contributed by atoms with Gasteiger partial charge in [-0.15, -0.1) is 0 Å². The fraction of sp³-hybridized carbons (Fsp3) is 0.909. The van der Waals surface area contributed by atoms with Gasteiger partial charge in [-0.25, -0.2) is 0 Å². The summed E-state index contributed by atoms with van der Waals surface area (Å²) in [5, 5.41) is 11.8. The number of aliphatic hydroxyl groups excluding tert-OH is 1. The maximum atomic E-state index is 11.6. The largest absolute Gasteiger partial charge is 0.395 e. The molecule has 0 fully saturated rings. The second kappa shape index (κ2) is 7.25. The summed E-state index contributed by atoms with van der Waals surface area (Å²) in [4.78, 5) is 13.7. The summed E-state index contributed by atoms with van der Waals surface area (Å²) in [6, 6.07) is 0.232. The Morgan fingerprint density at radius 3 is 2.50 bits per heavy atom. The number of rotatable bonds is 7. The first kappa shape index (κ1) is 15.9. The standard InChI is InChI=1S/C11H23BrN2O2/c1-5-14(6-7-15)9(2)8-13-10(16)11(3,4)12/h9,15H,5-8H2,1-4H3,(H,13,16). The highest BCUT2D eigenvalue weighted by atomic mass is 79.9. The quantitative estimate of drug-likeness (QED) is 0.688. The van der Waals surface area contributed by atoms with Crippen molar-refractivity contribution < 1.29 is 9.90 Å². The highest BCUT2D eigenvalue weighted by molar-refractivity contribution is 9.10. The number of aliphatic hydroxyl groups is 1. The summed E-state index contributed by atoms with van der Waals surface area (Å²) in [7, 11) is 0. The molecule has 0 aromatic heterocycles. The number of halogens is 1. The van der Waals surface area contributed by atoms with Crippen LogP contribution in [0.4, 0.5) is 0 Å². The number of alkyl halides is 1. The normalized spacial score (nSPS) is 13.9. The third-order valence-electron chi connectivity index (χ3n) is 2.51. The summed E-state index contributed by atoms with van der Waals surface area (Å²) >= 11 is 3.31. The molecule has 96 valence electrons. The van der Waals surface area contributed by atoms with Crippen molar-refractivity contribution in [1.82, 2.24) is 10.2 Å². The van der Waals surface area contributed by atoms with Crippen LogP contribution >= 0.6 is 15.9 Å². The molecule has 0 aromatic carbocycles. The third-order valence-corrected chi connectivity index (χ3v) is 2.87. The summed E-state index contributed by atoms with van der Waals surface area (Å²) in [6.45, 7) is 9.98. The van der Waals surface area contributed by atoms with Gasteiger partial charge >= 0.3 is 0 Å². The zero-order valence-electron chi connectivity index (χ0n) is 10.6. The minimum absolute atomic E-state index is 0.0144. The lowest BCUT2D eigenvalue weighted by Crippen LogP contribution is -2.46. The molecule has 1 atom stereocenters. The average Bonchev–Trinajstić information content (AvgIpc) is 2.20. The second-order valence-corrected chi connectivity index (χ2v) is 6.37. The Morgan fingerprint density at radius 2 is 2.12 bits per heavy atom. The van der Waals surface area contributed by atoms with E-state index < -0.39 is 4.32 Å². The Balaban J connectivity index is 4.05. The first-order chi connectivity index (χ1) is 7.32. The van der Waals surface area contributed by atoms with E-state index in [2.05, 4.69) is 26.1 Å². The van der Waals surface area contributed by atoms with E-state index in [1.165, 1.54) is 0 Å². The summed E-state index contributed by atoms with van der Waals surface area (Å²) in [6.07, 6.45) is 0. The Bertz CT molecular complexity index is 217. The van der Waals surface area contributed by atoms with Crippen LogP contribution < -0.4 is 5.32 Å². The van der Waals surface area contributed by atoms with E-state index >= 15 is 0 Å². The van der Waals surface area contributed by atoms with E-state index in [1.54, 1.807) is 0 Å². The van der Waals surface area contributed by atoms with Crippen LogP contribution in [0.2, 0.25) is 0 Å². The lowest BCUT2D eigenvalue weighted by Gasteiger charge is -2.28. The van der Waals surface area contributed by atoms with Crippen LogP contribution in [0.25, 0.3) is 0 Å². The van der Waals surface area contributed by atoms with Gasteiger partial charge in [0.25, 0.3) is 0 Å². The molecular formula is C11H23BrN2O2. The highest BCUT2D eigenvalue weighted by Crippen LogP contribution is 2.15. The summed E-state index contributed by atoms with van der Waals surface area (Å²) in [5.41, 5.74) is 0. The van der Waals surface area contributed by atoms with Gasteiger partial charge in [0, 0.05) is 19.1 Å². The van der Waals surface area contributed by atoms with Crippen molar-refractivity contribution in [2.45, 2.75) is 38.1 Å². The first-order valence-electron chi connectivity index (χ1n) is 5.65. The second-order valence-electron chi connectivity index (χ2n) is 4.38. The number of likely N-dealkylation sites (N-methyl/N-ethyl adjacent to an activating group) is 1. The van der Waals surface area contributed by atoms with E-state index in [1.807, 2.05) is 27.7 Å². The van der Waals surface area contributed by atoms with Gasteiger partial charge in [0.2, 0.25) is 5.91 Å². The molecule has 5 heteroatoms. The lowest BCUT2D eigenvalue weighted by atomic mass is 10.2. The van der Waals surface area contributed by atoms with Gasteiger partial charge in [0.1, 0.15) is 0 Å². The van der Waals surface area contributed by atoms with Gasteiger partial charge < -0.3 is 10.4 Å². The van der Waals surface area contributed by atoms with E-state index in [0.29, 0.717) is 13.1 Å². The Morgan fingerprint density at radius 1 is 1.56 bits per heavy atom. The molecule has 0 radical (unpaired) electrons. The average molecular weight is 295 g/mol. The lowest BCUT2D eigenvalue weighted by molar-refractivity contribution is -0.122. The Kier molecular flexibility index (Phi) is 7.19. The van der Waals surface area contributed by atoms with Crippen molar-refractivity contribution in [2.75, 3.05) is 26.2 Å². The minimum Gasteiger partial charge on any atom is -0.395 e. The maximum Gasteiger partial charge on any atom is 0.236 e. The predicted molar refractivity (Wildman–Crippen MR) is 69.8 cm³/mol. The number of hydrogen-bond donors (Lipinski definition) is 2. The number of amides is 1. The van der Waals surface area contributed by atoms with Gasteiger partial charge in [-0.3, -0.25) is 9.69 Å². The van der Waals surface area contributed by atoms with Crippen LogP contribution in [0.15, 0.2) is 0 Å². The van der Waals surface area contributed by atoms with E-state index in [9.17, 15) is 4.79 Å². The third kappa shape index (κ3) is 5.82. The molecule has 0 saturated carbocycles. The summed E-state index contributed by atoms with van der Waals surface area (Å²) in [5.74, 6) is -0.0144. The van der Waals surface area contributed by atoms with Crippen molar-refractivity contribution in [2.24, 2.45) is 0 Å². The molecule has 0 aromatic rings. The SMILES string of the molecule is CCN(CCO)C(C)CNC(=O)C(C)(C)Br. The van der Waals surface area contributed by atoms with Crippen molar-refractivity contribution in [3.63, 3.8) is 0 Å². The number of carbonyl (C=O) groups excluding carboxylic acids is 1. The van der Waals surface area contributed by atoms with E-state index in [4.69, 9.17) is 5.11 Å². The maximum absolute atomic E-state index is 11.6. The van der Waals surface area contributed by atoms with Crippen LogP contribution in [-0.4, -0.2) is 52.5 Å². The number of nitrogens with one attached hydrogen (secondary N) is 1. The zero-order chi connectivity index (χ0) is 12.8. The van der Waals surface area contributed by atoms with Gasteiger partial charge in [0.05, 0.1) is 10.9 Å². The molecule has 1 unspecified atom stereocenters. The Hall–Kier alpha value is -0.130. The molecule has 0 aliphatic carbocycles. The number of nitrogens with zero attached hydrogens (tertiary/aromatic N) is 1. The topological polar surface area (TPSA) is 52.6 Å². The molecule has 1 amide bonds. The first-order valence-corrected chi connectivity index (χ1v) is 6.44. The highest BCUT2D eigenvalue weighted by Gasteiger charge is 2.24. The molecule has 0 spiro atoms. The van der Waals surface area contributed by atoms with Crippen LogP contribution in [0.5, 0.6) is 0 Å². The van der Waals surface area contributed by atoms with Crippen LogP contribution in [0.1, 0.15) is 27.7 Å². The zero-order valence-corrected chi connectivity index (χ0v) is 12.2. The molecule has 0 aliphatic rings. The van der Waals surface area contributed by atoms with Crippen LogP contribution in [-0.2, 0) is 4.79 Å². The molecule has 0 bridgehead atoms. The van der Waals surface area contributed by atoms with E-state index in [0.717, 1.165) is 6.54 Å². The monoisotopic (exact) mass is 294 g/mol. The van der Waals surface area contributed by atoms with Crippen molar-refractivity contribution >= 4 is 21.8 Å². The molecule has 0 saturated heterocycles. The number of carbonyl (C=O) groups is 1. The van der Waals surface area contributed by atoms with Gasteiger partial charge in [-0.05, 0) is 27.3 Å². The Labute approximate surface area is 107 Å². The molecule has 16 heavy (non-hydrogen) atoms. The van der Waals surface area contributed by atoms with Gasteiger partial charge in [-0.1, -0.05) is 22.9 Å². The molecule has 4 nitrogen and oxygen atoms in total. The number of hydrogen-bond acceptors (Lipinski definition) is 3. The van der Waals surface area contributed by atoms with Crippen molar-refractivity contribution in [1.29, 1.82) is 0 Å². The van der Waals surface area contributed by atoms with E-state index in [-0.39, 0.29) is 18.6 Å². The minimum atomic E-state index is -0.527. The fourth-order valence-electron chi connectivity index (χ4n) is 1.40. The van der Waals surface area contributed by atoms with Crippen molar-refractivity contribution in [3.8, 4) is 0 Å². The van der Waals surface area contributed by atoms with Crippen LogP contribution in [0, 0.1) is 0 Å². The smallest absolute Gasteiger partial charge is 0.236 e. The molecular weight excluding hydrogens is 272 g/mol. The molecule has 0 heterocycles. The van der Waals surface area contributed by atoms with Crippen molar-refractivity contribution in [3.05, 3.63) is 0 Å². The molecule has 0 rings (SSSR count). The molecule has 0 aliphatic heterocycles. The summed E-state index contributed by atoms with van der Waals surface area (Å²) < 4.78 is -0.527. The predicted octanol–water partition coefficient (Wildman–Crippen LogP) is 0.979.